The molecule has 0 saturated carbocycles. The molecule has 1 aromatic rings. The molecule has 1 aromatic carbocycles. The zero-order valence-electron chi connectivity index (χ0n) is 9.36. The monoisotopic (exact) mass is 277 g/mol. The van der Waals surface area contributed by atoms with Crippen molar-refractivity contribution in [3.63, 3.8) is 0 Å². The molecule has 1 rings (SSSR count). The zero-order chi connectivity index (χ0) is 13.3. The van der Waals surface area contributed by atoms with Gasteiger partial charge < -0.3 is 4.57 Å². The van der Waals surface area contributed by atoms with Gasteiger partial charge in [-0.2, -0.15) is 0 Å². The largest absolute Gasteiger partial charge is 0.323 e. The first-order chi connectivity index (χ1) is 7.62. The minimum Gasteiger partial charge on any atom is -0.323 e. The van der Waals surface area contributed by atoms with Crippen LogP contribution in [-0.2, 0) is 14.4 Å². The van der Waals surface area contributed by atoms with Crippen molar-refractivity contribution in [2.75, 3.05) is 18.8 Å². The Labute approximate surface area is 99.1 Å². The smallest absolute Gasteiger partial charge is 0.269 e. The van der Waals surface area contributed by atoms with E-state index < -0.39 is 27.4 Å². The highest BCUT2D eigenvalue weighted by Gasteiger charge is 2.22. The normalized spacial score (nSPS) is 12.4. The third kappa shape index (κ3) is 3.94. The number of sulfone groups is 1. The number of nitro benzene ring substituents is 1. The summed E-state index contributed by atoms with van der Waals surface area (Å²) < 4.78 is 35.1. The van der Waals surface area contributed by atoms with Crippen molar-refractivity contribution in [1.29, 1.82) is 0 Å². The van der Waals surface area contributed by atoms with E-state index in [2.05, 4.69) is 0 Å². The van der Waals surface area contributed by atoms with Crippen LogP contribution in [0.1, 0.15) is 0 Å². The van der Waals surface area contributed by atoms with Gasteiger partial charge in [0.05, 0.1) is 17.0 Å². The first-order valence-corrected chi connectivity index (χ1v) is 9.07. The van der Waals surface area contributed by atoms with E-state index in [1.807, 2.05) is 0 Å². The predicted octanol–water partition coefficient (Wildman–Crippen LogP) is 1.95. The van der Waals surface area contributed by atoms with E-state index in [1.165, 1.54) is 13.3 Å². The van der Waals surface area contributed by atoms with Crippen LogP contribution in [0, 0.1) is 10.1 Å². The molecular weight excluding hydrogens is 265 g/mol. The molecule has 0 bridgehead atoms. The molecule has 0 radical (unpaired) electrons. The molecular formula is C9H12NO5PS. The average molecular weight is 277 g/mol. The van der Waals surface area contributed by atoms with Crippen LogP contribution in [0.4, 0.5) is 5.69 Å². The molecule has 94 valence electrons. The lowest BCUT2D eigenvalue weighted by atomic mass is 10.3. The maximum atomic E-state index is 11.8. The number of hydrogen-bond acceptors (Lipinski definition) is 5. The van der Waals surface area contributed by atoms with Crippen molar-refractivity contribution in [3.05, 3.63) is 34.4 Å². The van der Waals surface area contributed by atoms with Crippen LogP contribution in [0.25, 0.3) is 0 Å². The number of nitro groups is 1. The maximum Gasteiger partial charge on any atom is 0.269 e. The Morgan fingerprint density at radius 2 is 1.71 bits per heavy atom. The Morgan fingerprint density at radius 3 is 2.06 bits per heavy atom. The second-order valence-corrected chi connectivity index (χ2v) is 9.95. The first kappa shape index (κ1) is 13.9. The summed E-state index contributed by atoms with van der Waals surface area (Å²) >= 11 is 0. The quantitative estimate of drug-likeness (QED) is 0.476. The molecule has 0 unspecified atom stereocenters. The molecule has 0 aliphatic heterocycles. The summed E-state index contributed by atoms with van der Waals surface area (Å²) in [6.45, 7) is 2.77. The lowest BCUT2D eigenvalue weighted by Gasteiger charge is -2.07. The topological polar surface area (TPSA) is 94.3 Å². The van der Waals surface area contributed by atoms with E-state index in [0.29, 0.717) is 0 Å². The van der Waals surface area contributed by atoms with Gasteiger partial charge in [0.2, 0.25) is 0 Å². The highest BCUT2D eigenvalue weighted by atomic mass is 32.2. The Morgan fingerprint density at radius 1 is 1.24 bits per heavy atom. The molecule has 0 aliphatic carbocycles. The third-order valence-electron chi connectivity index (χ3n) is 1.89. The van der Waals surface area contributed by atoms with E-state index in [1.54, 1.807) is 0 Å². The molecule has 0 atom stereocenters. The van der Waals surface area contributed by atoms with Crippen LogP contribution in [0.2, 0.25) is 0 Å². The zero-order valence-corrected chi connectivity index (χ0v) is 11.1. The molecule has 0 aromatic heterocycles. The van der Waals surface area contributed by atoms with Crippen molar-refractivity contribution >= 4 is 22.7 Å². The van der Waals surface area contributed by atoms with Crippen molar-refractivity contribution in [2.45, 2.75) is 4.90 Å². The van der Waals surface area contributed by atoms with Gasteiger partial charge in [0.15, 0.2) is 9.84 Å². The number of rotatable bonds is 4. The van der Waals surface area contributed by atoms with Gasteiger partial charge in [0, 0.05) is 12.1 Å². The summed E-state index contributed by atoms with van der Waals surface area (Å²) in [5, 5.41) is 10.4. The average Bonchev–Trinajstić information content (AvgIpc) is 2.14. The van der Waals surface area contributed by atoms with E-state index >= 15 is 0 Å². The lowest BCUT2D eigenvalue weighted by Crippen LogP contribution is -2.06. The molecule has 6 nitrogen and oxygen atoms in total. The molecule has 0 amide bonds. The van der Waals surface area contributed by atoms with Crippen LogP contribution >= 0.6 is 7.14 Å². The van der Waals surface area contributed by atoms with Crippen molar-refractivity contribution in [1.82, 2.24) is 0 Å². The second-order valence-electron chi connectivity index (χ2n) is 4.07. The summed E-state index contributed by atoms with van der Waals surface area (Å²) in [6, 6.07) is 4.54. The molecule has 0 spiro atoms. The van der Waals surface area contributed by atoms with Gasteiger partial charge in [-0.3, -0.25) is 10.1 Å². The molecule has 0 N–H and O–H groups in total. The number of nitrogens with zero attached hydrogens (tertiary/aromatic N) is 1. The summed E-state index contributed by atoms with van der Waals surface area (Å²) in [4.78, 5) is 9.74. The Balaban J connectivity index is 3.09. The summed E-state index contributed by atoms with van der Waals surface area (Å²) in [5.41, 5.74) is -0.613. The van der Waals surface area contributed by atoms with Gasteiger partial charge in [0.1, 0.15) is 5.49 Å². The number of hydrogen-bond donors (Lipinski definition) is 0. The Hall–Kier alpha value is -1.20. The van der Waals surface area contributed by atoms with Crippen LogP contribution in [0.15, 0.2) is 29.2 Å². The van der Waals surface area contributed by atoms with E-state index in [-0.39, 0.29) is 10.6 Å². The van der Waals surface area contributed by atoms with Crippen molar-refractivity contribution in [3.8, 4) is 0 Å². The van der Waals surface area contributed by atoms with Crippen LogP contribution in [-0.4, -0.2) is 32.2 Å². The highest BCUT2D eigenvalue weighted by Crippen LogP contribution is 2.39. The molecule has 8 heteroatoms. The molecule has 0 fully saturated rings. The van der Waals surface area contributed by atoms with Gasteiger partial charge in [-0.25, -0.2) is 8.42 Å². The molecule has 17 heavy (non-hydrogen) atoms. The van der Waals surface area contributed by atoms with Crippen LogP contribution in [0.3, 0.4) is 0 Å². The Bertz CT molecular complexity index is 572. The van der Waals surface area contributed by atoms with Crippen molar-refractivity contribution in [2.24, 2.45) is 0 Å². The van der Waals surface area contributed by atoms with Gasteiger partial charge in [-0.1, -0.05) is 0 Å². The van der Waals surface area contributed by atoms with Crippen LogP contribution < -0.4 is 0 Å². The van der Waals surface area contributed by atoms with Gasteiger partial charge in [-0.15, -0.1) is 0 Å². The summed E-state index contributed by atoms with van der Waals surface area (Å²) in [6.07, 6.45) is 0. The van der Waals surface area contributed by atoms with E-state index in [0.717, 1.165) is 24.3 Å². The molecule has 0 heterocycles. The number of non-ortho nitro benzene ring substituents is 1. The number of benzene rings is 1. The highest BCUT2D eigenvalue weighted by molar-refractivity contribution is 7.98. The van der Waals surface area contributed by atoms with Gasteiger partial charge in [-0.05, 0) is 25.5 Å². The van der Waals surface area contributed by atoms with Gasteiger partial charge >= 0.3 is 0 Å². The standard InChI is InChI=1S/C9H12NO5PS/c1-16(2,13)7-17(14,15)9-5-3-8(4-6-9)10(11)12/h3-6H,7H2,1-2H3. The van der Waals surface area contributed by atoms with E-state index in [9.17, 15) is 23.1 Å². The fourth-order valence-corrected chi connectivity index (χ4v) is 5.68. The Kier molecular flexibility index (Phi) is 3.74. The SMILES string of the molecule is CP(C)(=O)CS(=O)(=O)c1ccc([N+](=O)[O-])cc1. The van der Waals surface area contributed by atoms with E-state index in [4.69, 9.17) is 0 Å². The molecule has 0 saturated heterocycles. The minimum atomic E-state index is -3.65. The van der Waals surface area contributed by atoms with Crippen LogP contribution in [0.5, 0.6) is 0 Å². The summed E-state index contributed by atoms with van der Waals surface area (Å²) in [5.74, 6) is 0. The third-order valence-corrected chi connectivity index (χ3v) is 6.72. The predicted molar refractivity (Wildman–Crippen MR) is 64.6 cm³/mol. The minimum absolute atomic E-state index is 0.0491. The molecule has 0 aliphatic rings. The fraction of sp³-hybridized carbons (Fsp3) is 0.333. The maximum absolute atomic E-state index is 11.8. The van der Waals surface area contributed by atoms with Gasteiger partial charge in [0.25, 0.3) is 5.69 Å². The first-order valence-electron chi connectivity index (χ1n) is 4.63. The summed E-state index contributed by atoms with van der Waals surface area (Å²) in [7, 11) is -6.35. The van der Waals surface area contributed by atoms with Crippen molar-refractivity contribution < 1.29 is 17.9 Å². The lowest BCUT2D eigenvalue weighted by molar-refractivity contribution is -0.384. The fourth-order valence-electron chi connectivity index (χ4n) is 1.26. The second kappa shape index (κ2) is 4.58.